The summed E-state index contributed by atoms with van der Waals surface area (Å²) in [5.74, 6) is 0. The molecule has 4 saturated heterocycles. The maximum absolute atomic E-state index is 10.6. The zero-order chi connectivity index (χ0) is 30.8. The van der Waals surface area contributed by atoms with Gasteiger partial charge in [-0.25, -0.2) is 11.9 Å². The molecule has 0 atom stereocenters. The molecule has 0 saturated carbocycles. The number of rotatable bonds is 4. The Morgan fingerprint density at radius 3 is 1.12 bits per heavy atom. The van der Waals surface area contributed by atoms with E-state index < -0.39 is 0 Å². The fraction of sp³-hybridized carbons (Fsp3) is 0.960. The van der Waals surface area contributed by atoms with Crippen molar-refractivity contribution >= 4 is 18.7 Å². The molecule has 0 unspecified atom stereocenters. The Morgan fingerprint density at radius 2 is 0.860 bits per heavy atom. The van der Waals surface area contributed by atoms with E-state index in [2.05, 4.69) is 11.9 Å². The average molecular weight is 685 g/mol. The normalized spacial score (nSPS) is 20.0. The summed E-state index contributed by atoms with van der Waals surface area (Å²) in [6.07, 6.45) is 8.59. The summed E-state index contributed by atoms with van der Waals surface area (Å²) in [6, 6.07) is 0. The van der Waals surface area contributed by atoms with Crippen LogP contribution in [0, 0.1) is 15.0 Å². The van der Waals surface area contributed by atoms with E-state index >= 15 is 0 Å². The van der Waals surface area contributed by atoms with Gasteiger partial charge >= 0.3 is 59.1 Å². The number of ether oxygens (including phenoxy) is 4. The Morgan fingerprint density at radius 1 is 0.628 bits per heavy atom. The Labute approximate surface area is 312 Å². The number of carbonyl (C=O) groups is 1. The van der Waals surface area contributed by atoms with Crippen molar-refractivity contribution in [1.29, 1.82) is 0 Å². The van der Waals surface area contributed by atoms with Crippen molar-refractivity contribution in [2.75, 3.05) is 80.8 Å². The number of hydrogen-bond donors (Lipinski definition) is 1. The van der Waals surface area contributed by atoms with E-state index in [1.807, 2.05) is 6.79 Å². The van der Waals surface area contributed by atoms with Crippen molar-refractivity contribution < 1.29 is 115 Å². The van der Waals surface area contributed by atoms with E-state index in [-0.39, 0.29) is 71.5 Å². The molecular weight excluding hydrogens is 633 g/mol. The van der Waals surface area contributed by atoms with E-state index in [0.717, 1.165) is 79.0 Å². The molecule has 14 nitrogen and oxygen atoms in total. The van der Waals surface area contributed by atoms with Crippen LogP contribution in [0.15, 0.2) is 0 Å². The van der Waals surface area contributed by atoms with Crippen molar-refractivity contribution in [3.63, 3.8) is 0 Å². The molecule has 43 heavy (non-hydrogen) atoms. The summed E-state index contributed by atoms with van der Waals surface area (Å²) in [7, 11) is 6.82. The molecule has 18 heteroatoms. The van der Waals surface area contributed by atoms with Crippen LogP contribution in [-0.2, 0) is 23.7 Å². The number of hydrogen-bond acceptors (Lipinski definition) is 12. The molecule has 0 bridgehead atoms. The number of methoxy groups -OCH3 is 4. The van der Waals surface area contributed by atoms with Crippen LogP contribution >= 0.6 is 11.9 Å². The number of nitrogens with zero attached hydrogens (tertiary/aromatic N) is 4. The van der Waals surface area contributed by atoms with Gasteiger partial charge in [0.1, 0.15) is 6.79 Å². The fourth-order valence-corrected chi connectivity index (χ4v) is 4.28. The van der Waals surface area contributed by atoms with Gasteiger partial charge < -0.3 is 56.3 Å². The van der Waals surface area contributed by atoms with Crippen LogP contribution in [0.25, 0.3) is 0 Å². The molecule has 0 aromatic rings. The number of hydroxylamine groups is 4. The maximum atomic E-state index is 10.6. The van der Waals surface area contributed by atoms with Crippen molar-refractivity contribution in [1.82, 2.24) is 10.1 Å². The minimum Gasteiger partial charge on any atom is -1.00 e. The molecule has 1 N–H and O–H groups in total. The Hall–Kier alpha value is 1.09. The monoisotopic (exact) mass is 683 g/mol. The SMILES string of the molecule is C=O.COC1CCN(O)CC1.COC1CCN([O-])CC1.COC1CC[N+](=O)CC1.COC1CC[N+](=O)CC1.[Cl-].[Na+].[Na+].[O-]Cl. The number of carbonyl (C=O) groups excluding carboxylic acids is 1. The van der Waals surface area contributed by atoms with Gasteiger partial charge in [-0.1, -0.05) is 0 Å². The second-order valence-electron chi connectivity index (χ2n) is 9.48. The van der Waals surface area contributed by atoms with Gasteiger partial charge in [0.05, 0.1) is 24.4 Å². The maximum Gasteiger partial charge on any atom is 1.00 e. The molecule has 0 spiro atoms. The first-order valence-corrected chi connectivity index (χ1v) is 13.9. The smallest absolute Gasteiger partial charge is 1.00 e. The van der Waals surface area contributed by atoms with Crippen LogP contribution in [0.4, 0.5) is 0 Å². The third kappa shape index (κ3) is 30.2. The van der Waals surface area contributed by atoms with Crippen molar-refractivity contribution in [3.05, 3.63) is 15.0 Å². The summed E-state index contributed by atoms with van der Waals surface area (Å²) < 4.78 is 30.2. The summed E-state index contributed by atoms with van der Waals surface area (Å²) in [4.78, 5) is 29.2. The van der Waals surface area contributed by atoms with E-state index in [9.17, 15) is 15.0 Å². The molecule has 0 radical (unpaired) electrons. The topological polar surface area (TPSA) is 167 Å². The van der Waals surface area contributed by atoms with Crippen LogP contribution in [-0.4, -0.2) is 137 Å². The van der Waals surface area contributed by atoms with Crippen LogP contribution in [0.1, 0.15) is 51.4 Å². The standard InChI is InChI=1S/C6H13NO2.3C6H12NO2.CH2O.ClO.ClH.2Na/c4*1-9-6-2-4-7(8)5-3-6;2*1-2;;;/h6,8H,2-5H2,1H3;3*6H,2-5H2,1H3;1H2;;1H;;/q;-1;2*+1;;-1;;2*+1/p-1. The van der Waals surface area contributed by atoms with Crippen molar-refractivity contribution in [2.45, 2.75) is 75.8 Å². The first-order valence-electron chi connectivity index (χ1n) is 13.6. The van der Waals surface area contributed by atoms with E-state index in [1.165, 1.54) is 5.06 Å². The molecule has 4 fully saturated rings. The zero-order valence-corrected chi connectivity index (χ0v) is 32.5. The third-order valence-electron chi connectivity index (χ3n) is 6.95. The van der Waals surface area contributed by atoms with Crippen LogP contribution in [0.3, 0.4) is 0 Å². The molecule has 4 aliphatic heterocycles. The van der Waals surface area contributed by atoms with Gasteiger partial charge in [-0.3, -0.25) is 0 Å². The van der Waals surface area contributed by atoms with Gasteiger partial charge in [0, 0.05) is 77.0 Å². The van der Waals surface area contributed by atoms with E-state index in [1.54, 1.807) is 28.4 Å². The molecule has 0 aliphatic carbocycles. The number of nitroso groups, excluding NO2 is 2. The molecule has 0 aromatic carbocycles. The van der Waals surface area contributed by atoms with Gasteiger partial charge in [0.25, 0.3) is 0 Å². The molecule has 4 aliphatic rings. The number of halogens is 2. The number of piperidine rings is 4. The zero-order valence-electron chi connectivity index (χ0n) is 27.0. The predicted molar refractivity (Wildman–Crippen MR) is 148 cm³/mol. The van der Waals surface area contributed by atoms with Gasteiger partial charge in [-0.2, -0.15) is 5.06 Å². The summed E-state index contributed by atoms with van der Waals surface area (Å²) in [5, 5.41) is 21.9. The average Bonchev–Trinajstić information content (AvgIpc) is 3.02. The molecular formula is C25H51Cl2N4Na2O10+. The quantitative estimate of drug-likeness (QED) is 0.220. The Kier molecular flexibility index (Phi) is 46.8. The summed E-state index contributed by atoms with van der Waals surface area (Å²) in [6.45, 7) is 7.32. The Bertz CT molecular complexity index is 557. The molecule has 0 amide bonds. The first kappa shape index (κ1) is 53.6. The van der Waals surface area contributed by atoms with Gasteiger partial charge in [0.15, 0.2) is 26.2 Å². The summed E-state index contributed by atoms with van der Waals surface area (Å²) in [5.41, 5.74) is 0. The minimum atomic E-state index is 0. The molecule has 246 valence electrons. The molecule has 4 heterocycles. The van der Waals surface area contributed by atoms with Crippen LogP contribution < -0.4 is 76.2 Å². The minimum absolute atomic E-state index is 0. The van der Waals surface area contributed by atoms with Crippen LogP contribution in [0.5, 0.6) is 0 Å². The fourth-order valence-electron chi connectivity index (χ4n) is 4.28. The van der Waals surface area contributed by atoms with Gasteiger partial charge in [-0.05, 0) is 48.3 Å². The van der Waals surface area contributed by atoms with E-state index in [4.69, 9.17) is 33.6 Å². The first-order chi connectivity index (χ1) is 19.3. The molecule has 4 rings (SSSR count). The van der Waals surface area contributed by atoms with Gasteiger partial charge in [-0.15, -0.1) is 0 Å². The van der Waals surface area contributed by atoms with Crippen molar-refractivity contribution in [2.24, 2.45) is 0 Å². The largest absolute Gasteiger partial charge is 1.00 e. The van der Waals surface area contributed by atoms with Crippen LogP contribution in [0.2, 0.25) is 0 Å². The van der Waals surface area contributed by atoms with E-state index in [0.29, 0.717) is 63.7 Å². The predicted octanol–water partition coefficient (Wildman–Crippen LogP) is -7.44. The second-order valence-corrected chi connectivity index (χ2v) is 9.48. The molecule has 0 aromatic heterocycles. The summed E-state index contributed by atoms with van der Waals surface area (Å²) >= 11 is 3.39. The Balaban J connectivity index is -0.000000140. The second kappa shape index (κ2) is 37.5. The third-order valence-corrected chi connectivity index (χ3v) is 6.95. The van der Waals surface area contributed by atoms with Crippen molar-refractivity contribution in [3.8, 4) is 0 Å². The van der Waals surface area contributed by atoms with Gasteiger partial charge in [0.2, 0.25) is 0 Å².